The van der Waals surface area contributed by atoms with Gasteiger partial charge in [-0.25, -0.2) is 9.29 Å². The smallest absolute Gasteiger partial charge is 0.263 e. The van der Waals surface area contributed by atoms with Crippen LogP contribution in [0.4, 0.5) is 10.1 Å². The van der Waals surface area contributed by atoms with Crippen LogP contribution in [0.1, 0.15) is 11.5 Å². The number of hydrogen-bond donors (Lipinski definition) is 0. The molecule has 9 nitrogen and oxygen atoms in total. The van der Waals surface area contributed by atoms with Crippen molar-refractivity contribution < 1.29 is 18.5 Å². The van der Waals surface area contributed by atoms with Gasteiger partial charge in [-0.1, -0.05) is 40.2 Å². The number of carbonyl (C=O) groups is 2. The minimum absolute atomic E-state index is 0.0276. The van der Waals surface area contributed by atoms with Gasteiger partial charge in [0.1, 0.15) is 12.4 Å². The number of aryl methyl sites for hydroxylation is 1. The fourth-order valence-corrected chi connectivity index (χ4v) is 3.48. The van der Waals surface area contributed by atoms with Crippen molar-refractivity contribution >= 4 is 17.5 Å². The van der Waals surface area contributed by atoms with Gasteiger partial charge in [0, 0.05) is 5.56 Å². The van der Waals surface area contributed by atoms with Gasteiger partial charge in [-0.15, -0.1) is 0 Å². The van der Waals surface area contributed by atoms with Gasteiger partial charge in [0.05, 0.1) is 5.69 Å². The molecule has 30 heavy (non-hydrogen) atoms. The van der Waals surface area contributed by atoms with Gasteiger partial charge in [0.25, 0.3) is 11.8 Å². The third-order valence-corrected chi connectivity index (χ3v) is 5.02. The first-order valence-electron chi connectivity index (χ1n) is 9.22. The standard InChI is InChI=1S/C20H15FN6O3/c1-11-2-4-12(5-3-11)18-22-15(30-24-18)10-26-17-16(23-25-26)19(28)27(20(17)29)14-8-6-13(21)7-9-14/h2-9,16-17H,10H2,1H3. The highest BCUT2D eigenvalue weighted by molar-refractivity contribution is 6.25. The van der Waals surface area contributed by atoms with Crippen LogP contribution in [0.25, 0.3) is 11.4 Å². The molecule has 3 aromatic rings. The molecule has 10 heteroatoms. The van der Waals surface area contributed by atoms with Crippen LogP contribution < -0.4 is 4.90 Å². The maximum Gasteiger partial charge on any atom is 0.263 e. The van der Waals surface area contributed by atoms with Gasteiger partial charge < -0.3 is 4.52 Å². The molecule has 0 spiro atoms. The lowest BCUT2D eigenvalue weighted by Gasteiger charge is -2.19. The second-order valence-electron chi connectivity index (χ2n) is 7.06. The second-order valence-corrected chi connectivity index (χ2v) is 7.06. The number of imide groups is 1. The maximum atomic E-state index is 13.2. The summed E-state index contributed by atoms with van der Waals surface area (Å²) in [7, 11) is 0. The van der Waals surface area contributed by atoms with Crippen molar-refractivity contribution in [1.29, 1.82) is 0 Å². The lowest BCUT2D eigenvalue weighted by atomic mass is 10.1. The molecule has 2 amide bonds. The minimum atomic E-state index is -0.956. The van der Waals surface area contributed by atoms with Crippen LogP contribution in [0.15, 0.2) is 63.4 Å². The van der Waals surface area contributed by atoms with E-state index in [4.69, 9.17) is 4.52 Å². The fraction of sp³-hybridized carbons (Fsp3) is 0.200. The van der Waals surface area contributed by atoms with E-state index >= 15 is 0 Å². The number of carbonyl (C=O) groups excluding carboxylic acids is 2. The highest BCUT2D eigenvalue weighted by Crippen LogP contribution is 2.32. The summed E-state index contributed by atoms with van der Waals surface area (Å²) in [5.74, 6) is -0.793. The van der Waals surface area contributed by atoms with Crippen molar-refractivity contribution in [3.05, 3.63) is 65.8 Å². The molecule has 2 aromatic carbocycles. The van der Waals surface area contributed by atoms with E-state index in [1.54, 1.807) is 0 Å². The van der Waals surface area contributed by atoms with E-state index in [-0.39, 0.29) is 18.1 Å². The third kappa shape index (κ3) is 2.93. The summed E-state index contributed by atoms with van der Waals surface area (Å²) in [5, 5.41) is 13.2. The molecule has 0 aliphatic carbocycles. The Kier molecular flexibility index (Phi) is 4.12. The summed E-state index contributed by atoms with van der Waals surface area (Å²) in [6.07, 6.45) is 0. The number of benzene rings is 2. The van der Waals surface area contributed by atoms with E-state index in [2.05, 4.69) is 20.5 Å². The molecule has 0 saturated carbocycles. The number of rotatable bonds is 4. The highest BCUT2D eigenvalue weighted by atomic mass is 19.1. The summed E-state index contributed by atoms with van der Waals surface area (Å²) < 4.78 is 18.5. The average Bonchev–Trinajstić information content (AvgIpc) is 3.43. The van der Waals surface area contributed by atoms with Crippen LogP contribution in [-0.4, -0.2) is 39.0 Å². The Morgan fingerprint density at radius 3 is 2.50 bits per heavy atom. The minimum Gasteiger partial charge on any atom is -0.337 e. The van der Waals surface area contributed by atoms with Crippen molar-refractivity contribution in [2.24, 2.45) is 10.3 Å². The first kappa shape index (κ1) is 18.1. The second kappa shape index (κ2) is 6.83. The zero-order chi connectivity index (χ0) is 20.8. The average molecular weight is 406 g/mol. The number of aromatic nitrogens is 2. The molecule has 2 atom stereocenters. The molecule has 2 aliphatic heterocycles. The lowest BCUT2D eigenvalue weighted by Crippen LogP contribution is -2.39. The van der Waals surface area contributed by atoms with Gasteiger partial charge in [-0.3, -0.25) is 14.6 Å². The molecule has 150 valence electrons. The first-order chi connectivity index (χ1) is 14.5. The molecule has 0 N–H and O–H groups in total. The van der Waals surface area contributed by atoms with Gasteiger partial charge >= 0.3 is 0 Å². The van der Waals surface area contributed by atoms with Gasteiger partial charge in [0.2, 0.25) is 11.7 Å². The molecule has 1 aromatic heterocycles. The molecular weight excluding hydrogens is 391 g/mol. The van der Waals surface area contributed by atoms with Crippen molar-refractivity contribution in [3.63, 3.8) is 0 Å². The number of fused-ring (bicyclic) bond motifs is 1. The number of halogens is 1. The Labute approximate surface area is 169 Å². The largest absolute Gasteiger partial charge is 0.337 e. The Bertz CT molecular complexity index is 1160. The summed E-state index contributed by atoms with van der Waals surface area (Å²) in [5.41, 5.74) is 2.20. The third-order valence-electron chi connectivity index (χ3n) is 5.02. The van der Waals surface area contributed by atoms with Gasteiger partial charge in [0.15, 0.2) is 12.1 Å². The zero-order valence-corrected chi connectivity index (χ0v) is 15.8. The normalized spacial score (nSPS) is 20.3. The Balaban J connectivity index is 1.36. The number of hydrogen-bond acceptors (Lipinski definition) is 8. The van der Waals surface area contributed by atoms with E-state index in [1.807, 2.05) is 31.2 Å². The molecule has 0 radical (unpaired) electrons. The topological polar surface area (TPSA) is 104 Å². The molecule has 2 aliphatic rings. The summed E-state index contributed by atoms with van der Waals surface area (Å²) in [6.45, 7) is 2.01. The van der Waals surface area contributed by atoms with Crippen molar-refractivity contribution in [3.8, 4) is 11.4 Å². The van der Waals surface area contributed by atoms with Crippen molar-refractivity contribution in [2.75, 3.05) is 4.90 Å². The van der Waals surface area contributed by atoms with E-state index in [0.717, 1.165) is 16.0 Å². The van der Waals surface area contributed by atoms with Crippen LogP contribution in [0.5, 0.6) is 0 Å². The predicted molar refractivity (Wildman–Crippen MR) is 101 cm³/mol. The van der Waals surface area contributed by atoms with Crippen LogP contribution in [0.2, 0.25) is 0 Å². The summed E-state index contributed by atoms with van der Waals surface area (Å²) in [6, 6.07) is 10.9. The molecular formula is C20H15FN6O3. The summed E-state index contributed by atoms with van der Waals surface area (Å²) >= 11 is 0. The van der Waals surface area contributed by atoms with Crippen molar-refractivity contribution in [2.45, 2.75) is 25.6 Å². The Morgan fingerprint density at radius 2 is 1.77 bits per heavy atom. The number of nitrogens with zero attached hydrogens (tertiary/aromatic N) is 6. The molecule has 3 heterocycles. The number of amides is 2. The van der Waals surface area contributed by atoms with Crippen LogP contribution >= 0.6 is 0 Å². The SMILES string of the molecule is Cc1ccc(-c2noc(CN3N=NC4C(=O)N(c5ccc(F)cc5)C(=O)C43)n2)cc1. The van der Waals surface area contributed by atoms with Gasteiger partial charge in [-0.2, -0.15) is 10.1 Å². The summed E-state index contributed by atoms with van der Waals surface area (Å²) in [4.78, 5) is 31.0. The fourth-order valence-electron chi connectivity index (χ4n) is 3.48. The molecule has 5 rings (SSSR count). The predicted octanol–water partition coefficient (Wildman–Crippen LogP) is 2.68. The first-order valence-corrected chi connectivity index (χ1v) is 9.22. The molecule has 0 bridgehead atoms. The van der Waals surface area contributed by atoms with Crippen LogP contribution in [-0.2, 0) is 16.1 Å². The Morgan fingerprint density at radius 1 is 1.03 bits per heavy atom. The quantitative estimate of drug-likeness (QED) is 0.617. The lowest BCUT2D eigenvalue weighted by molar-refractivity contribution is -0.123. The number of anilines is 1. The molecule has 1 fully saturated rings. The maximum absolute atomic E-state index is 13.2. The Hall–Kier alpha value is -3.95. The van der Waals surface area contributed by atoms with Gasteiger partial charge in [-0.05, 0) is 31.2 Å². The monoisotopic (exact) mass is 406 g/mol. The van der Waals surface area contributed by atoms with E-state index in [0.29, 0.717) is 5.82 Å². The van der Waals surface area contributed by atoms with Crippen LogP contribution in [0, 0.1) is 12.7 Å². The molecule has 2 unspecified atom stereocenters. The van der Waals surface area contributed by atoms with E-state index in [9.17, 15) is 14.0 Å². The van der Waals surface area contributed by atoms with Crippen LogP contribution in [0.3, 0.4) is 0 Å². The molecule has 1 saturated heterocycles. The van der Waals surface area contributed by atoms with Crippen molar-refractivity contribution in [1.82, 2.24) is 15.1 Å². The zero-order valence-electron chi connectivity index (χ0n) is 15.8. The van der Waals surface area contributed by atoms with E-state index in [1.165, 1.54) is 29.3 Å². The highest BCUT2D eigenvalue weighted by Gasteiger charge is 2.55. The van der Waals surface area contributed by atoms with E-state index < -0.39 is 29.7 Å².